The zero-order chi connectivity index (χ0) is 16.9. The molecule has 0 spiro atoms. The van der Waals surface area contributed by atoms with E-state index < -0.39 is 5.97 Å². The number of carboxylic acids is 1. The van der Waals surface area contributed by atoms with Crippen molar-refractivity contribution in [2.24, 2.45) is 0 Å². The molecule has 0 aliphatic carbocycles. The molecule has 24 heavy (non-hydrogen) atoms. The van der Waals surface area contributed by atoms with Gasteiger partial charge in [-0.3, -0.25) is 4.90 Å². The number of ether oxygens (including phenoxy) is 2. The summed E-state index contributed by atoms with van der Waals surface area (Å²) >= 11 is 0. The summed E-state index contributed by atoms with van der Waals surface area (Å²) in [5.41, 5.74) is 2.92. The van der Waals surface area contributed by atoms with Crippen molar-refractivity contribution in [1.29, 1.82) is 0 Å². The number of fused-ring (bicyclic) bond motifs is 1. The summed E-state index contributed by atoms with van der Waals surface area (Å²) in [6, 6.07) is 12.8. The third-order valence-electron chi connectivity index (χ3n) is 4.26. The van der Waals surface area contributed by atoms with Gasteiger partial charge in [0.05, 0.1) is 12.7 Å². The van der Waals surface area contributed by atoms with Crippen molar-refractivity contribution in [3.8, 4) is 11.5 Å². The molecule has 0 radical (unpaired) electrons. The molecule has 5 nitrogen and oxygen atoms in total. The maximum Gasteiger partial charge on any atom is 0.335 e. The Morgan fingerprint density at radius 2 is 2.04 bits per heavy atom. The van der Waals surface area contributed by atoms with E-state index in [9.17, 15) is 4.79 Å². The van der Waals surface area contributed by atoms with E-state index in [0.717, 1.165) is 31.8 Å². The fourth-order valence-corrected chi connectivity index (χ4v) is 2.92. The smallest absolute Gasteiger partial charge is 0.335 e. The lowest BCUT2D eigenvalue weighted by atomic mass is 9.99. The molecule has 2 aromatic carbocycles. The number of carbonyl (C=O) groups is 1. The van der Waals surface area contributed by atoms with E-state index in [-0.39, 0.29) is 5.56 Å². The Morgan fingerprint density at radius 3 is 2.83 bits per heavy atom. The first-order chi connectivity index (χ1) is 11.7. The maximum atomic E-state index is 11.0. The first kappa shape index (κ1) is 16.3. The van der Waals surface area contributed by atoms with E-state index in [0.29, 0.717) is 12.4 Å². The van der Waals surface area contributed by atoms with Crippen molar-refractivity contribution in [3.63, 3.8) is 0 Å². The predicted octanol–water partition coefficient (Wildman–Crippen LogP) is 2.83. The van der Waals surface area contributed by atoms with Gasteiger partial charge in [0.25, 0.3) is 0 Å². The maximum absolute atomic E-state index is 11.0. The second kappa shape index (κ2) is 7.36. The lowest BCUT2D eigenvalue weighted by molar-refractivity contribution is 0.0696. The highest BCUT2D eigenvalue weighted by molar-refractivity contribution is 5.87. The molecule has 5 heteroatoms. The highest BCUT2D eigenvalue weighted by Gasteiger charge is 2.16. The van der Waals surface area contributed by atoms with Gasteiger partial charge >= 0.3 is 5.97 Å². The molecule has 0 unspecified atom stereocenters. The Morgan fingerprint density at radius 1 is 1.17 bits per heavy atom. The summed E-state index contributed by atoms with van der Waals surface area (Å²) < 4.78 is 11.0. The zero-order valence-electron chi connectivity index (χ0n) is 13.7. The lowest BCUT2D eigenvalue weighted by Gasteiger charge is -2.28. The molecule has 3 rings (SSSR count). The topological polar surface area (TPSA) is 59.0 Å². The second-order valence-corrected chi connectivity index (χ2v) is 5.84. The van der Waals surface area contributed by atoms with Crippen LogP contribution in [0.25, 0.3) is 0 Å². The Labute approximate surface area is 141 Å². The molecule has 0 amide bonds. The van der Waals surface area contributed by atoms with Crippen LogP contribution in [0, 0.1) is 0 Å². The Kier molecular flexibility index (Phi) is 5.01. The molecule has 2 aromatic rings. The quantitative estimate of drug-likeness (QED) is 0.884. The van der Waals surface area contributed by atoms with Crippen molar-refractivity contribution >= 4 is 5.97 Å². The summed E-state index contributed by atoms with van der Waals surface area (Å²) in [6.45, 7) is 3.23. The number of benzene rings is 2. The molecule has 1 aliphatic rings. The molecule has 0 aromatic heterocycles. The summed E-state index contributed by atoms with van der Waals surface area (Å²) in [5, 5.41) is 9.00. The lowest BCUT2D eigenvalue weighted by Crippen LogP contribution is -2.33. The minimum Gasteiger partial charge on any atom is -0.497 e. The van der Waals surface area contributed by atoms with Gasteiger partial charge in [-0.05, 0) is 47.9 Å². The standard InChI is InChI=1S/C19H21NO4/c1-23-17-6-5-16-13-20(8-7-14(16)11-17)9-10-24-18-4-2-3-15(12-18)19(21)22/h2-6,11-12H,7-10,13H2,1H3,(H,21,22). The third kappa shape index (κ3) is 3.86. The van der Waals surface area contributed by atoms with Gasteiger partial charge in [-0.1, -0.05) is 12.1 Å². The van der Waals surface area contributed by atoms with Crippen LogP contribution in [0.15, 0.2) is 42.5 Å². The van der Waals surface area contributed by atoms with Gasteiger partial charge in [0.2, 0.25) is 0 Å². The second-order valence-electron chi connectivity index (χ2n) is 5.84. The predicted molar refractivity (Wildman–Crippen MR) is 90.9 cm³/mol. The zero-order valence-corrected chi connectivity index (χ0v) is 13.7. The number of hydrogen-bond acceptors (Lipinski definition) is 4. The fraction of sp³-hybridized carbons (Fsp3) is 0.316. The molecule has 0 saturated carbocycles. The Hall–Kier alpha value is -2.53. The number of rotatable bonds is 6. The van der Waals surface area contributed by atoms with Gasteiger partial charge in [0.15, 0.2) is 0 Å². The van der Waals surface area contributed by atoms with Crippen LogP contribution in [0.1, 0.15) is 21.5 Å². The summed E-state index contributed by atoms with van der Waals surface area (Å²) in [6.07, 6.45) is 1.00. The largest absolute Gasteiger partial charge is 0.497 e. The molecule has 0 fully saturated rings. The van der Waals surface area contributed by atoms with E-state index >= 15 is 0 Å². The van der Waals surface area contributed by atoms with Crippen LogP contribution in [0.3, 0.4) is 0 Å². The highest BCUT2D eigenvalue weighted by atomic mass is 16.5. The van der Waals surface area contributed by atoms with Gasteiger partial charge in [-0.25, -0.2) is 4.79 Å². The van der Waals surface area contributed by atoms with E-state index in [1.807, 2.05) is 6.07 Å². The SMILES string of the molecule is COc1ccc2c(c1)CCN(CCOc1cccc(C(=O)O)c1)C2. The van der Waals surface area contributed by atoms with Crippen LogP contribution < -0.4 is 9.47 Å². The van der Waals surface area contributed by atoms with Crippen LogP contribution in [0.2, 0.25) is 0 Å². The molecule has 126 valence electrons. The number of nitrogens with zero attached hydrogens (tertiary/aromatic N) is 1. The van der Waals surface area contributed by atoms with E-state index in [2.05, 4.69) is 17.0 Å². The fourth-order valence-electron chi connectivity index (χ4n) is 2.92. The van der Waals surface area contributed by atoms with Gasteiger partial charge in [0, 0.05) is 19.6 Å². The van der Waals surface area contributed by atoms with Crippen molar-refractivity contribution in [1.82, 2.24) is 4.90 Å². The number of aromatic carboxylic acids is 1. The monoisotopic (exact) mass is 327 g/mol. The molecular formula is C19H21NO4. The summed E-state index contributed by atoms with van der Waals surface area (Å²) in [5.74, 6) is 0.560. The molecule has 1 aliphatic heterocycles. The van der Waals surface area contributed by atoms with E-state index in [1.54, 1.807) is 31.4 Å². The van der Waals surface area contributed by atoms with E-state index in [1.165, 1.54) is 11.1 Å². The van der Waals surface area contributed by atoms with Crippen LogP contribution in [0.5, 0.6) is 11.5 Å². The van der Waals surface area contributed by atoms with E-state index in [4.69, 9.17) is 14.6 Å². The Balaban J connectivity index is 1.53. The van der Waals surface area contributed by atoms with Crippen LogP contribution in [-0.4, -0.2) is 42.8 Å². The van der Waals surface area contributed by atoms with Crippen molar-refractivity contribution in [2.75, 3.05) is 26.8 Å². The summed E-state index contributed by atoms with van der Waals surface area (Å²) in [7, 11) is 1.69. The van der Waals surface area contributed by atoms with Crippen molar-refractivity contribution in [3.05, 3.63) is 59.2 Å². The number of methoxy groups -OCH3 is 1. The average Bonchev–Trinajstić information content (AvgIpc) is 2.61. The average molecular weight is 327 g/mol. The molecular weight excluding hydrogens is 306 g/mol. The van der Waals surface area contributed by atoms with Gasteiger partial charge in [0.1, 0.15) is 18.1 Å². The number of carboxylic acid groups (broad SMARTS) is 1. The van der Waals surface area contributed by atoms with Crippen LogP contribution in [0.4, 0.5) is 0 Å². The van der Waals surface area contributed by atoms with Gasteiger partial charge in [-0.15, -0.1) is 0 Å². The molecule has 1 N–H and O–H groups in total. The van der Waals surface area contributed by atoms with Gasteiger partial charge < -0.3 is 14.6 Å². The third-order valence-corrected chi connectivity index (χ3v) is 4.26. The molecule has 0 atom stereocenters. The minimum absolute atomic E-state index is 0.244. The number of hydrogen-bond donors (Lipinski definition) is 1. The molecule has 0 saturated heterocycles. The van der Waals surface area contributed by atoms with Crippen molar-refractivity contribution < 1.29 is 19.4 Å². The molecule has 0 bridgehead atoms. The van der Waals surface area contributed by atoms with Crippen LogP contribution >= 0.6 is 0 Å². The minimum atomic E-state index is -0.941. The van der Waals surface area contributed by atoms with Gasteiger partial charge in [-0.2, -0.15) is 0 Å². The highest BCUT2D eigenvalue weighted by Crippen LogP contribution is 2.23. The molecule has 1 heterocycles. The van der Waals surface area contributed by atoms with Crippen LogP contribution in [-0.2, 0) is 13.0 Å². The first-order valence-electron chi connectivity index (χ1n) is 8.00. The normalized spacial score (nSPS) is 14.0. The first-order valence-corrected chi connectivity index (χ1v) is 8.00. The Bertz CT molecular complexity index is 729. The summed E-state index contributed by atoms with van der Waals surface area (Å²) in [4.78, 5) is 13.3. The van der Waals surface area contributed by atoms with Crippen molar-refractivity contribution in [2.45, 2.75) is 13.0 Å².